The SMILES string of the molecule is CN1CCN(C(=O)CCC2CCNCC2)C(C)(C)C1=O. The lowest BCUT2D eigenvalue weighted by Crippen LogP contribution is -2.63. The van der Waals surface area contributed by atoms with E-state index in [0.717, 1.165) is 19.5 Å². The van der Waals surface area contributed by atoms with Crippen molar-refractivity contribution in [3.05, 3.63) is 0 Å². The maximum Gasteiger partial charge on any atom is 0.247 e. The van der Waals surface area contributed by atoms with E-state index in [1.165, 1.54) is 12.8 Å². The van der Waals surface area contributed by atoms with Gasteiger partial charge in [-0.1, -0.05) is 0 Å². The van der Waals surface area contributed by atoms with Crippen molar-refractivity contribution in [2.45, 2.75) is 45.1 Å². The van der Waals surface area contributed by atoms with Crippen LogP contribution in [0, 0.1) is 5.92 Å². The van der Waals surface area contributed by atoms with E-state index in [4.69, 9.17) is 0 Å². The molecule has 2 amide bonds. The van der Waals surface area contributed by atoms with E-state index in [-0.39, 0.29) is 11.8 Å². The van der Waals surface area contributed by atoms with E-state index >= 15 is 0 Å². The normalized spacial score (nSPS) is 24.1. The van der Waals surface area contributed by atoms with Gasteiger partial charge < -0.3 is 15.1 Å². The van der Waals surface area contributed by atoms with Crippen LogP contribution in [-0.4, -0.2) is 60.4 Å². The molecule has 2 rings (SSSR count). The molecular formula is C15H27N3O2. The molecular weight excluding hydrogens is 254 g/mol. The molecule has 0 radical (unpaired) electrons. The topological polar surface area (TPSA) is 52.6 Å². The van der Waals surface area contributed by atoms with Gasteiger partial charge in [0.15, 0.2) is 0 Å². The molecule has 114 valence electrons. The van der Waals surface area contributed by atoms with Crippen LogP contribution < -0.4 is 5.32 Å². The molecule has 0 atom stereocenters. The summed E-state index contributed by atoms with van der Waals surface area (Å²) in [7, 11) is 1.81. The summed E-state index contributed by atoms with van der Waals surface area (Å²) in [6, 6.07) is 0. The first-order chi connectivity index (χ1) is 9.43. The van der Waals surface area contributed by atoms with Crippen LogP contribution in [0.15, 0.2) is 0 Å². The Morgan fingerprint density at radius 1 is 1.30 bits per heavy atom. The Bertz CT molecular complexity index is 375. The van der Waals surface area contributed by atoms with E-state index < -0.39 is 5.54 Å². The number of nitrogens with zero attached hydrogens (tertiary/aromatic N) is 2. The highest BCUT2D eigenvalue weighted by atomic mass is 16.2. The molecule has 2 aliphatic heterocycles. The summed E-state index contributed by atoms with van der Waals surface area (Å²) in [4.78, 5) is 28.1. The molecule has 20 heavy (non-hydrogen) atoms. The van der Waals surface area contributed by atoms with Crippen LogP contribution >= 0.6 is 0 Å². The number of piperazine rings is 1. The van der Waals surface area contributed by atoms with Crippen LogP contribution in [0.3, 0.4) is 0 Å². The van der Waals surface area contributed by atoms with Crippen molar-refractivity contribution in [3.63, 3.8) is 0 Å². The molecule has 1 N–H and O–H groups in total. The number of hydrogen-bond acceptors (Lipinski definition) is 3. The van der Waals surface area contributed by atoms with Gasteiger partial charge in [-0.2, -0.15) is 0 Å². The molecule has 2 aliphatic rings. The molecule has 2 heterocycles. The average Bonchev–Trinajstić information content (AvgIpc) is 2.43. The van der Waals surface area contributed by atoms with E-state index in [1.807, 2.05) is 13.8 Å². The summed E-state index contributed by atoms with van der Waals surface area (Å²) in [5.41, 5.74) is -0.696. The van der Waals surface area contributed by atoms with E-state index in [1.54, 1.807) is 16.8 Å². The lowest BCUT2D eigenvalue weighted by Gasteiger charge is -2.45. The number of amides is 2. The minimum atomic E-state index is -0.696. The number of hydrogen-bond donors (Lipinski definition) is 1. The van der Waals surface area contributed by atoms with Crippen molar-refractivity contribution in [3.8, 4) is 0 Å². The Kier molecular flexibility index (Phi) is 4.68. The summed E-state index contributed by atoms with van der Waals surface area (Å²) < 4.78 is 0. The van der Waals surface area contributed by atoms with E-state index in [0.29, 0.717) is 25.4 Å². The zero-order valence-corrected chi connectivity index (χ0v) is 12.9. The second-order valence-corrected chi connectivity index (χ2v) is 6.56. The molecule has 0 saturated carbocycles. The van der Waals surface area contributed by atoms with Crippen LogP contribution in [0.25, 0.3) is 0 Å². The van der Waals surface area contributed by atoms with Gasteiger partial charge in [0.05, 0.1) is 0 Å². The Morgan fingerprint density at radius 3 is 2.60 bits per heavy atom. The second-order valence-electron chi connectivity index (χ2n) is 6.56. The highest BCUT2D eigenvalue weighted by Gasteiger charge is 2.42. The number of piperidine rings is 1. The van der Waals surface area contributed by atoms with Crippen LogP contribution in [0.1, 0.15) is 39.5 Å². The molecule has 0 aliphatic carbocycles. The molecule has 0 bridgehead atoms. The van der Waals surface area contributed by atoms with E-state index in [9.17, 15) is 9.59 Å². The zero-order valence-electron chi connectivity index (χ0n) is 12.9. The fourth-order valence-electron chi connectivity index (χ4n) is 3.28. The molecule has 2 fully saturated rings. The first-order valence-corrected chi connectivity index (χ1v) is 7.69. The lowest BCUT2D eigenvalue weighted by molar-refractivity contribution is -0.157. The molecule has 0 aromatic carbocycles. The van der Waals surface area contributed by atoms with Gasteiger partial charge in [0.25, 0.3) is 0 Å². The molecule has 5 heteroatoms. The number of carbonyl (C=O) groups excluding carboxylic acids is 2. The molecule has 0 aromatic rings. The van der Waals surface area contributed by atoms with Crippen molar-refractivity contribution in [1.29, 1.82) is 0 Å². The number of carbonyl (C=O) groups is 2. The van der Waals surface area contributed by atoms with Gasteiger partial charge in [-0.15, -0.1) is 0 Å². The van der Waals surface area contributed by atoms with Gasteiger partial charge in [0.2, 0.25) is 11.8 Å². The van der Waals surface area contributed by atoms with Crippen LogP contribution in [-0.2, 0) is 9.59 Å². The van der Waals surface area contributed by atoms with Crippen LogP contribution in [0.5, 0.6) is 0 Å². The number of rotatable bonds is 3. The van der Waals surface area contributed by atoms with Crippen LogP contribution in [0.2, 0.25) is 0 Å². The van der Waals surface area contributed by atoms with Gasteiger partial charge in [0.1, 0.15) is 5.54 Å². The predicted molar refractivity (Wildman–Crippen MR) is 78.3 cm³/mol. The second kappa shape index (κ2) is 6.12. The molecule has 5 nitrogen and oxygen atoms in total. The minimum absolute atomic E-state index is 0.0407. The number of likely N-dealkylation sites (N-methyl/N-ethyl adjacent to an activating group) is 1. The fraction of sp³-hybridized carbons (Fsp3) is 0.867. The highest BCUT2D eigenvalue weighted by Crippen LogP contribution is 2.24. The third kappa shape index (κ3) is 3.14. The lowest BCUT2D eigenvalue weighted by atomic mass is 9.91. The first-order valence-electron chi connectivity index (χ1n) is 7.69. The largest absolute Gasteiger partial charge is 0.342 e. The van der Waals surface area contributed by atoms with Crippen molar-refractivity contribution in [1.82, 2.24) is 15.1 Å². The first kappa shape index (κ1) is 15.3. The van der Waals surface area contributed by atoms with Gasteiger partial charge in [0, 0.05) is 26.6 Å². The predicted octanol–water partition coefficient (Wildman–Crippen LogP) is 0.845. The third-order valence-corrected chi connectivity index (χ3v) is 4.73. The van der Waals surface area contributed by atoms with Gasteiger partial charge >= 0.3 is 0 Å². The number of nitrogens with one attached hydrogen (secondary N) is 1. The molecule has 0 aromatic heterocycles. The quantitative estimate of drug-likeness (QED) is 0.834. The summed E-state index contributed by atoms with van der Waals surface area (Å²) in [5, 5.41) is 3.34. The van der Waals surface area contributed by atoms with Gasteiger partial charge in [-0.3, -0.25) is 9.59 Å². The fourth-order valence-corrected chi connectivity index (χ4v) is 3.28. The third-order valence-electron chi connectivity index (χ3n) is 4.73. The van der Waals surface area contributed by atoms with Crippen molar-refractivity contribution in [2.24, 2.45) is 5.92 Å². The molecule has 0 unspecified atom stereocenters. The van der Waals surface area contributed by atoms with Crippen molar-refractivity contribution >= 4 is 11.8 Å². The van der Waals surface area contributed by atoms with Crippen molar-refractivity contribution < 1.29 is 9.59 Å². The monoisotopic (exact) mass is 281 g/mol. The smallest absolute Gasteiger partial charge is 0.247 e. The minimum Gasteiger partial charge on any atom is -0.342 e. The average molecular weight is 281 g/mol. The van der Waals surface area contributed by atoms with Crippen LogP contribution in [0.4, 0.5) is 0 Å². The maximum absolute atomic E-state index is 12.4. The molecule has 2 saturated heterocycles. The Labute approximate surface area is 121 Å². The summed E-state index contributed by atoms with van der Waals surface area (Å²) in [5.74, 6) is 0.834. The highest BCUT2D eigenvalue weighted by molar-refractivity contribution is 5.91. The summed E-state index contributed by atoms with van der Waals surface area (Å²) >= 11 is 0. The standard InChI is InChI=1S/C15H27N3O2/c1-15(2)14(20)17(3)10-11-18(15)13(19)5-4-12-6-8-16-9-7-12/h12,16H,4-11H2,1-3H3. The summed E-state index contributed by atoms with van der Waals surface area (Å²) in [6.07, 6.45) is 3.86. The Morgan fingerprint density at radius 2 is 1.95 bits per heavy atom. The zero-order chi connectivity index (χ0) is 14.8. The van der Waals surface area contributed by atoms with Crippen molar-refractivity contribution in [2.75, 3.05) is 33.2 Å². The summed E-state index contributed by atoms with van der Waals surface area (Å²) in [6.45, 7) is 7.14. The molecule has 0 spiro atoms. The van der Waals surface area contributed by atoms with E-state index in [2.05, 4.69) is 5.32 Å². The van der Waals surface area contributed by atoms with Gasteiger partial charge in [-0.05, 0) is 52.1 Å². The maximum atomic E-state index is 12.4. The Hall–Kier alpha value is -1.10. The Balaban J connectivity index is 1.89. The van der Waals surface area contributed by atoms with Gasteiger partial charge in [-0.25, -0.2) is 0 Å².